The van der Waals surface area contributed by atoms with Gasteiger partial charge in [-0.2, -0.15) is 0 Å². The summed E-state index contributed by atoms with van der Waals surface area (Å²) in [6, 6.07) is 9.97. The van der Waals surface area contributed by atoms with E-state index in [9.17, 15) is 4.79 Å². The number of hydrogen-bond donors (Lipinski definition) is 1. The van der Waals surface area contributed by atoms with Gasteiger partial charge < -0.3 is 14.6 Å². The Morgan fingerprint density at radius 1 is 1.29 bits per heavy atom. The highest BCUT2D eigenvalue weighted by atomic mass is 32.2. The molecule has 2 aliphatic heterocycles. The number of fused-ring (bicyclic) bond motifs is 1. The Labute approximate surface area is 186 Å². The maximum Gasteiger partial charge on any atom is 0.270 e. The number of piperidine rings is 1. The van der Waals surface area contributed by atoms with Gasteiger partial charge in [-0.1, -0.05) is 30.0 Å². The highest BCUT2D eigenvalue weighted by Crippen LogP contribution is 2.30. The number of aromatic nitrogens is 3. The zero-order valence-corrected chi connectivity index (χ0v) is 18.7. The monoisotopic (exact) mass is 436 g/mol. The van der Waals surface area contributed by atoms with Gasteiger partial charge in [0.2, 0.25) is 0 Å². The van der Waals surface area contributed by atoms with E-state index in [4.69, 9.17) is 9.72 Å². The van der Waals surface area contributed by atoms with Crippen LogP contribution in [-0.2, 0) is 4.74 Å². The number of nitrogens with one attached hydrogen (secondary N) is 1. The number of H-pyrrole nitrogens is 1. The lowest BCUT2D eigenvalue weighted by atomic mass is 9.92. The predicted octanol–water partition coefficient (Wildman–Crippen LogP) is 4.56. The molecule has 2 aromatic heterocycles. The molecule has 3 aromatic rings. The molecule has 2 atom stereocenters. The minimum Gasteiger partial charge on any atom is -0.377 e. The van der Waals surface area contributed by atoms with Crippen LogP contribution < -0.4 is 0 Å². The summed E-state index contributed by atoms with van der Waals surface area (Å²) in [7, 11) is 0. The van der Waals surface area contributed by atoms with Crippen molar-refractivity contribution in [2.24, 2.45) is 0 Å². The van der Waals surface area contributed by atoms with Gasteiger partial charge in [-0.15, -0.1) is 0 Å². The number of carbonyl (C=O) groups is 1. The number of rotatable bonds is 5. The van der Waals surface area contributed by atoms with E-state index in [0.29, 0.717) is 18.3 Å². The van der Waals surface area contributed by atoms with Crippen molar-refractivity contribution in [1.29, 1.82) is 0 Å². The van der Waals surface area contributed by atoms with E-state index in [1.54, 1.807) is 11.8 Å². The first kappa shape index (κ1) is 20.5. The molecular weight excluding hydrogens is 408 g/mol. The van der Waals surface area contributed by atoms with Crippen molar-refractivity contribution in [2.45, 2.75) is 49.8 Å². The number of ether oxygens (including phenoxy) is 1. The summed E-state index contributed by atoms with van der Waals surface area (Å²) in [6.45, 7) is 4.42. The molecule has 0 aliphatic carbocycles. The zero-order chi connectivity index (χ0) is 21.2. The fourth-order valence-electron chi connectivity index (χ4n) is 4.61. The van der Waals surface area contributed by atoms with Crippen LogP contribution in [-0.4, -0.2) is 57.3 Å². The molecule has 2 saturated heterocycles. The van der Waals surface area contributed by atoms with E-state index >= 15 is 0 Å². The smallest absolute Gasteiger partial charge is 0.270 e. The average molecular weight is 437 g/mol. The molecule has 4 heterocycles. The van der Waals surface area contributed by atoms with Crippen LogP contribution in [0.3, 0.4) is 0 Å². The number of aromatic amines is 1. The number of thioether (sulfide) groups is 1. The average Bonchev–Trinajstić information content (AvgIpc) is 3.48. The third-order valence-corrected chi connectivity index (χ3v) is 7.26. The Balaban J connectivity index is 1.30. The molecule has 1 aromatic carbocycles. The Kier molecular flexibility index (Phi) is 5.96. The van der Waals surface area contributed by atoms with E-state index in [-0.39, 0.29) is 11.8 Å². The molecule has 1 N–H and O–H groups in total. The fourth-order valence-corrected chi connectivity index (χ4v) is 5.50. The van der Waals surface area contributed by atoms with Gasteiger partial charge in [-0.25, -0.2) is 9.97 Å². The molecule has 5 rings (SSSR count). The molecule has 0 spiro atoms. The molecule has 0 radical (unpaired) electrons. The van der Waals surface area contributed by atoms with Crippen LogP contribution in [0.1, 0.15) is 53.3 Å². The number of benzene rings is 1. The maximum absolute atomic E-state index is 13.2. The molecule has 162 valence electrons. The lowest BCUT2D eigenvalue weighted by molar-refractivity contribution is 0.0700. The topological polar surface area (TPSA) is 71.1 Å². The maximum atomic E-state index is 13.2. The number of carbonyl (C=O) groups excluding carboxylic acids is 1. The molecule has 7 heteroatoms. The summed E-state index contributed by atoms with van der Waals surface area (Å²) < 4.78 is 5.73. The summed E-state index contributed by atoms with van der Waals surface area (Å²) in [4.78, 5) is 27.9. The third kappa shape index (κ3) is 4.48. The Hall–Kier alpha value is -2.38. The van der Waals surface area contributed by atoms with Crippen molar-refractivity contribution >= 4 is 28.6 Å². The van der Waals surface area contributed by atoms with Crippen molar-refractivity contribution in [1.82, 2.24) is 19.9 Å². The summed E-state index contributed by atoms with van der Waals surface area (Å²) in [5.74, 6) is 1.21. The molecule has 2 unspecified atom stereocenters. The van der Waals surface area contributed by atoms with Crippen LogP contribution >= 0.6 is 11.8 Å². The van der Waals surface area contributed by atoms with Crippen LogP contribution in [0.15, 0.2) is 41.7 Å². The quantitative estimate of drug-likeness (QED) is 0.469. The van der Waals surface area contributed by atoms with Crippen LogP contribution in [0.2, 0.25) is 0 Å². The fraction of sp³-hybridized carbons (Fsp3) is 0.458. The van der Waals surface area contributed by atoms with Gasteiger partial charge >= 0.3 is 0 Å². The van der Waals surface area contributed by atoms with E-state index < -0.39 is 0 Å². The Bertz CT molecular complexity index is 1040. The second kappa shape index (κ2) is 9.01. The number of likely N-dealkylation sites (tertiary alicyclic amines) is 1. The number of aryl methyl sites for hydroxylation is 1. The molecule has 2 aliphatic rings. The summed E-state index contributed by atoms with van der Waals surface area (Å²) in [5, 5.41) is 1.88. The standard InChI is InChI=1S/C24H28N4O2S/c1-16-13-25-24(31-15-19-8-5-11-30-19)27-22(16)18-7-4-10-28(14-18)23(29)21-12-17-6-2-3-9-20(17)26-21/h2-3,6,9,12-13,18-19,26H,4-5,7-8,10-11,14-15H2,1H3. The Morgan fingerprint density at radius 3 is 3.03 bits per heavy atom. The third-order valence-electron chi connectivity index (χ3n) is 6.27. The number of amides is 1. The SMILES string of the molecule is Cc1cnc(SCC2CCCO2)nc1C1CCCN(C(=O)c2cc3ccccc3[nH]2)C1. The van der Waals surface area contributed by atoms with Gasteiger partial charge in [0.25, 0.3) is 5.91 Å². The zero-order valence-electron chi connectivity index (χ0n) is 17.8. The minimum absolute atomic E-state index is 0.0700. The molecule has 31 heavy (non-hydrogen) atoms. The van der Waals surface area contributed by atoms with Crippen molar-refractivity contribution in [2.75, 3.05) is 25.4 Å². The van der Waals surface area contributed by atoms with Gasteiger partial charge in [-0.05, 0) is 50.3 Å². The first-order valence-electron chi connectivity index (χ1n) is 11.1. The highest BCUT2D eigenvalue weighted by Gasteiger charge is 2.28. The highest BCUT2D eigenvalue weighted by molar-refractivity contribution is 7.99. The van der Waals surface area contributed by atoms with E-state index in [1.165, 1.54) is 0 Å². The van der Waals surface area contributed by atoms with Crippen LogP contribution in [0.5, 0.6) is 0 Å². The van der Waals surface area contributed by atoms with Gasteiger partial charge in [0.1, 0.15) is 5.69 Å². The van der Waals surface area contributed by atoms with Gasteiger partial charge in [0.15, 0.2) is 5.16 Å². The first-order valence-corrected chi connectivity index (χ1v) is 12.1. The molecule has 1 amide bonds. The molecular formula is C24H28N4O2S. The molecule has 0 bridgehead atoms. The molecule has 2 fully saturated rings. The lowest BCUT2D eigenvalue weighted by Crippen LogP contribution is -2.39. The summed E-state index contributed by atoms with van der Waals surface area (Å²) in [6.07, 6.45) is 6.55. The van der Waals surface area contributed by atoms with E-state index in [1.807, 2.05) is 41.4 Å². The Morgan fingerprint density at radius 2 is 2.19 bits per heavy atom. The summed E-state index contributed by atoms with van der Waals surface area (Å²) in [5.41, 5.74) is 3.85. The predicted molar refractivity (Wildman–Crippen MR) is 123 cm³/mol. The van der Waals surface area contributed by atoms with Crippen molar-refractivity contribution in [3.05, 3.63) is 53.5 Å². The molecule has 6 nitrogen and oxygen atoms in total. The number of nitrogens with zero attached hydrogens (tertiary/aromatic N) is 3. The van der Waals surface area contributed by atoms with Crippen LogP contribution in [0.4, 0.5) is 0 Å². The van der Waals surface area contributed by atoms with Crippen molar-refractivity contribution < 1.29 is 9.53 Å². The van der Waals surface area contributed by atoms with Gasteiger partial charge in [0, 0.05) is 48.5 Å². The number of para-hydroxylation sites is 1. The second-order valence-corrected chi connectivity index (χ2v) is 9.51. The van der Waals surface area contributed by atoms with Gasteiger partial charge in [0.05, 0.1) is 11.8 Å². The lowest BCUT2D eigenvalue weighted by Gasteiger charge is -2.33. The normalized spacial score (nSPS) is 21.6. The largest absolute Gasteiger partial charge is 0.377 e. The van der Waals surface area contributed by atoms with E-state index in [0.717, 1.165) is 71.9 Å². The van der Waals surface area contributed by atoms with Crippen molar-refractivity contribution in [3.63, 3.8) is 0 Å². The van der Waals surface area contributed by atoms with Crippen LogP contribution in [0, 0.1) is 6.92 Å². The van der Waals surface area contributed by atoms with Crippen LogP contribution in [0.25, 0.3) is 10.9 Å². The minimum atomic E-state index is 0.0700. The van der Waals surface area contributed by atoms with Gasteiger partial charge in [-0.3, -0.25) is 4.79 Å². The van der Waals surface area contributed by atoms with Crippen molar-refractivity contribution in [3.8, 4) is 0 Å². The first-order chi connectivity index (χ1) is 15.2. The molecule has 0 saturated carbocycles. The second-order valence-electron chi connectivity index (χ2n) is 8.53. The summed E-state index contributed by atoms with van der Waals surface area (Å²) >= 11 is 1.68. The number of hydrogen-bond acceptors (Lipinski definition) is 5. The van der Waals surface area contributed by atoms with E-state index in [2.05, 4.69) is 16.9 Å².